The molecule has 1 aliphatic rings. The maximum atomic E-state index is 13.0. The van der Waals surface area contributed by atoms with E-state index >= 15 is 0 Å². The fraction of sp³-hybridized carbons (Fsp3) is 0.435. The average Bonchev–Trinajstić information content (AvgIpc) is 2.98. The SMILES string of the molecule is Cc1nc2c(cc1C(=O)NCC(C)(C)N1CCc3ccccc3C1)c(C)nn2C. The zero-order chi connectivity index (χ0) is 20.8. The molecule has 0 spiro atoms. The number of benzene rings is 1. The molecule has 4 rings (SSSR count). The number of amides is 1. The lowest BCUT2D eigenvalue weighted by Crippen LogP contribution is -2.53. The van der Waals surface area contributed by atoms with E-state index in [-0.39, 0.29) is 11.4 Å². The van der Waals surface area contributed by atoms with E-state index in [2.05, 4.69) is 58.4 Å². The minimum absolute atomic E-state index is 0.0781. The summed E-state index contributed by atoms with van der Waals surface area (Å²) in [6.07, 6.45) is 1.05. The second kappa shape index (κ2) is 7.26. The van der Waals surface area contributed by atoms with Crippen molar-refractivity contribution in [2.75, 3.05) is 13.1 Å². The summed E-state index contributed by atoms with van der Waals surface area (Å²) in [5.41, 5.74) is 5.72. The third-order valence-corrected chi connectivity index (χ3v) is 6.10. The minimum atomic E-state index is -0.140. The Morgan fingerprint density at radius 1 is 1.17 bits per heavy atom. The van der Waals surface area contributed by atoms with Crippen molar-refractivity contribution in [2.45, 2.75) is 46.2 Å². The molecule has 1 aliphatic heterocycles. The summed E-state index contributed by atoms with van der Waals surface area (Å²) in [6, 6.07) is 10.5. The smallest absolute Gasteiger partial charge is 0.253 e. The molecule has 0 aliphatic carbocycles. The second-order valence-electron chi connectivity index (χ2n) is 8.64. The van der Waals surface area contributed by atoms with Crippen molar-refractivity contribution in [1.82, 2.24) is 25.0 Å². The first-order valence-electron chi connectivity index (χ1n) is 10.2. The molecule has 0 saturated heterocycles. The van der Waals surface area contributed by atoms with Gasteiger partial charge in [-0.1, -0.05) is 24.3 Å². The Morgan fingerprint density at radius 3 is 2.66 bits per heavy atom. The van der Waals surface area contributed by atoms with Gasteiger partial charge in [0.15, 0.2) is 5.65 Å². The third-order valence-electron chi connectivity index (χ3n) is 6.10. The number of pyridine rings is 1. The molecule has 0 atom stereocenters. The van der Waals surface area contributed by atoms with Crippen molar-refractivity contribution < 1.29 is 4.79 Å². The van der Waals surface area contributed by atoms with Crippen LogP contribution in [0.4, 0.5) is 0 Å². The molecular formula is C23H29N5O. The molecule has 1 aromatic carbocycles. The second-order valence-corrected chi connectivity index (χ2v) is 8.64. The van der Waals surface area contributed by atoms with E-state index in [1.54, 1.807) is 4.68 Å². The monoisotopic (exact) mass is 391 g/mol. The molecule has 6 heteroatoms. The molecule has 0 unspecified atom stereocenters. The largest absolute Gasteiger partial charge is 0.350 e. The Labute approximate surface area is 171 Å². The van der Waals surface area contributed by atoms with Gasteiger partial charge < -0.3 is 5.32 Å². The van der Waals surface area contributed by atoms with Crippen LogP contribution in [0, 0.1) is 13.8 Å². The van der Waals surface area contributed by atoms with E-state index in [1.165, 1.54) is 11.1 Å². The molecule has 0 saturated carbocycles. The maximum Gasteiger partial charge on any atom is 0.253 e. The number of carbonyl (C=O) groups excluding carboxylic acids is 1. The van der Waals surface area contributed by atoms with Crippen LogP contribution in [0.3, 0.4) is 0 Å². The van der Waals surface area contributed by atoms with Gasteiger partial charge in [-0.05, 0) is 51.3 Å². The van der Waals surface area contributed by atoms with E-state index in [0.29, 0.717) is 12.1 Å². The van der Waals surface area contributed by atoms with E-state index in [1.807, 2.05) is 27.0 Å². The lowest BCUT2D eigenvalue weighted by Gasteiger charge is -2.41. The molecule has 1 amide bonds. The zero-order valence-corrected chi connectivity index (χ0v) is 17.9. The van der Waals surface area contributed by atoms with Crippen molar-refractivity contribution >= 4 is 16.9 Å². The van der Waals surface area contributed by atoms with E-state index < -0.39 is 0 Å². The Balaban J connectivity index is 1.48. The fourth-order valence-corrected chi connectivity index (χ4v) is 4.18. The quantitative estimate of drug-likeness (QED) is 0.742. The van der Waals surface area contributed by atoms with Crippen LogP contribution < -0.4 is 5.32 Å². The Bertz CT molecular complexity index is 1080. The Morgan fingerprint density at radius 2 is 1.90 bits per heavy atom. The summed E-state index contributed by atoms with van der Waals surface area (Å²) in [5.74, 6) is -0.0781. The van der Waals surface area contributed by atoms with Crippen LogP contribution in [-0.4, -0.2) is 44.2 Å². The third kappa shape index (κ3) is 3.65. The van der Waals surface area contributed by atoms with Gasteiger partial charge in [-0.15, -0.1) is 0 Å². The van der Waals surface area contributed by atoms with Gasteiger partial charge in [0, 0.05) is 37.6 Å². The minimum Gasteiger partial charge on any atom is -0.350 e. The van der Waals surface area contributed by atoms with Crippen molar-refractivity contribution in [1.29, 1.82) is 0 Å². The highest BCUT2D eigenvalue weighted by atomic mass is 16.1. The van der Waals surface area contributed by atoms with E-state index in [4.69, 9.17) is 0 Å². The highest BCUT2D eigenvalue weighted by Gasteiger charge is 2.30. The van der Waals surface area contributed by atoms with Crippen LogP contribution in [0.25, 0.3) is 11.0 Å². The molecule has 152 valence electrons. The number of fused-ring (bicyclic) bond motifs is 2. The summed E-state index contributed by atoms with van der Waals surface area (Å²) < 4.78 is 1.76. The molecule has 0 bridgehead atoms. The predicted octanol–water partition coefficient (Wildman–Crippen LogP) is 3.15. The lowest BCUT2D eigenvalue weighted by molar-refractivity contribution is 0.0825. The molecular weight excluding hydrogens is 362 g/mol. The molecule has 3 heterocycles. The van der Waals surface area contributed by atoms with Gasteiger partial charge in [0.2, 0.25) is 0 Å². The van der Waals surface area contributed by atoms with Gasteiger partial charge >= 0.3 is 0 Å². The highest BCUT2D eigenvalue weighted by molar-refractivity contribution is 5.98. The van der Waals surface area contributed by atoms with Gasteiger partial charge in [-0.25, -0.2) is 4.98 Å². The van der Waals surface area contributed by atoms with Crippen LogP contribution in [0.2, 0.25) is 0 Å². The van der Waals surface area contributed by atoms with E-state index in [0.717, 1.165) is 41.9 Å². The van der Waals surface area contributed by atoms with Gasteiger partial charge in [0.05, 0.1) is 17.0 Å². The van der Waals surface area contributed by atoms with Crippen LogP contribution in [0.5, 0.6) is 0 Å². The van der Waals surface area contributed by atoms with Gasteiger partial charge in [-0.2, -0.15) is 5.10 Å². The van der Waals surface area contributed by atoms with Crippen molar-refractivity contribution in [2.24, 2.45) is 7.05 Å². The standard InChI is InChI=1S/C23H29N5O/c1-15-20(12-19-16(2)26-27(5)21(19)25-15)22(29)24-14-23(3,4)28-11-10-17-8-6-7-9-18(17)13-28/h6-9,12H,10-11,13-14H2,1-5H3,(H,24,29). The van der Waals surface area contributed by atoms with Crippen LogP contribution in [0.15, 0.2) is 30.3 Å². The lowest BCUT2D eigenvalue weighted by atomic mass is 9.94. The van der Waals surface area contributed by atoms with Gasteiger partial charge in [0.25, 0.3) is 5.91 Å². The molecule has 2 aromatic heterocycles. The van der Waals surface area contributed by atoms with Crippen LogP contribution in [-0.2, 0) is 20.0 Å². The topological polar surface area (TPSA) is 63.1 Å². The van der Waals surface area contributed by atoms with Crippen LogP contribution >= 0.6 is 0 Å². The molecule has 3 aromatic rings. The first kappa shape index (κ1) is 19.6. The Hall–Kier alpha value is -2.73. The fourth-order valence-electron chi connectivity index (χ4n) is 4.18. The summed E-state index contributed by atoms with van der Waals surface area (Å²) >= 11 is 0. The number of nitrogens with zero attached hydrogens (tertiary/aromatic N) is 4. The molecule has 6 nitrogen and oxygen atoms in total. The number of carbonyl (C=O) groups is 1. The first-order chi connectivity index (χ1) is 13.8. The van der Waals surface area contributed by atoms with E-state index in [9.17, 15) is 4.79 Å². The summed E-state index contributed by atoms with van der Waals surface area (Å²) in [5, 5.41) is 8.48. The first-order valence-corrected chi connectivity index (χ1v) is 10.2. The Kier molecular flexibility index (Phi) is 4.90. The number of hydrogen-bond donors (Lipinski definition) is 1. The summed E-state index contributed by atoms with van der Waals surface area (Å²) in [4.78, 5) is 20.0. The van der Waals surface area contributed by atoms with Crippen molar-refractivity contribution in [3.8, 4) is 0 Å². The predicted molar refractivity (Wildman–Crippen MR) is 115 cm³/mol. The molecule has 29 heavy (non-hydrogen) atoms. The summed E-state index contributed by atoms with van der Waals surface area (Å²) in [6.45, 7) is 10.7. The summed E-state index contributed by atoms with van der Waals surface area (Å²) in [7, 11) is 1.88. The highest BCUT2D eigenvalue weighted by Crippen LogP contribution is 2.25. The number of rotatable bonds is 4. The number of hydrogen-bond acceptors (Lipinski definition) is 4. The molecule has 0 radical (unpaired) electrons. The molecule has 0 fully saturated rings. The zero-order valence-electron chi connectivity index (χ0n) is 17.9. The van der Waals surface area contributed by atoms with Gasteiger partial charge in [0.1, 0.15) is 0 Å². The van der Waals surface area contributed by atoms with Crippen LogP contribution in [0.1, 0.15) is 46.7 Å². The normalized spacial score (nSPS) is 14.8. The molecule has 1 N–H and O–H groups in total. The van der Waals surface area contributed by atoms with Gasteiger partial charge in [-0.3, -0.25) is 14.4 Å². The number of nitrogens with one attached hydrogen (secondary N) is 1. The number of aryl methyl sites for hydroxylation is 3. The number of aromatic nitrogens is 3. The average molecular weight is 392 g/mol. The van der Waals surface area contributed by atoms with Crippen molar-refractivity contribution in [3.63, 3.8) is 0 Å². The van der Waals surface area contributed by atoms with Crippen molar-refractivity contribution in [3.05, 3.63) is 58.4 Å². The maximum absolute atomic E-state index is 13.0.